The second-order valence-electron chi connectivity index (χ2n) is 8.66. The summed E-state index contributed by atoms with van der Waals surface area (Å²) in [5.41, 5.74) is 11.0. The number of hydrogen-bond donors (Lipinski definition) is 3. The number of rotatable bonds is 6. The SMILES string of the molecule is CC(C)c1ccc2c(c1)CCC2Cn1cnc(-c2cc(/C(N)=C(/NN)C(F)(F)F)ccn2)c1. The van der Waals surface area contributed by atoms with Gasteiger partial charge >= 0.3 is 6.18 Å². The monoisotopic (exact) mass is 456 g/mol. The van der Waals surface area contributed by atoms with Gasteiger partial charge in [-0.25, -0.2) is 4.98 Å². The zero-order valence-corrected chi connectivity index (χ0v) is 18.5. The van der Waals surface area contributed by atoms with Crippen molar-refractivity contribution in [3.63, 3.8) is 0 Å². The molecule has 0 aliphatic heterocycles. The predicted octanol–water partition coefficient (Wildman–Crippen LogP) is 4.45. The van der Waals surface area contributed by atoms with E-state index >= 15 is 0 Å². The second kappa shape index (κ2) is 8.90. The quantitative estimate of drug-likeness (QED) is 0.376. The molecule has 6 nitrogen and oxygen atoms in total. The summed E-state index contributed by atoms with van der Waals surface area (Å²) in [6.07, 6.45) is 2.43. The molecule has 1 unspecified atom stereocenters. The van der Waals surface area contributed by atoms with Gasteiger partial charge in [-0.15, -0.1) is 0 Å². The summed E-state index contributed by atoms with van der Waals surface area (Å²) in [6.45, 7) is 5.17. The van der Waals surface area contributed by atoms with Crippen LogP contribution in [-0.2, 0) is 13.0 Å². The highest BCUT2D eigenvalue weighted by molar-refractivity contribution is 5.69. The number of aromatic nitrogens is 3. The lowest BCUT2D eigenvalue weighted by Gasteiger charge is -2.14. The minimum absolute atomic E-state index is 0.158. The second-order valence-corrected chi connectivity index (χ2v) is 8.66. The van der Waals surface area contributed by atoms with E-state index in [4.69, 9.17) is 11.6 Å². The van der Waals surface area contributed by atoms with Gasteiger partial charge in [0.05, 0.1) is 17.7 Å². The molecule has 0 amide bonds. The van der Waals surface area contributed by atoms with Crippen LogP contribution in [0.3, 0.4) is 0 Å². The first-order chi connectivity index (χ1) is 15.7. The molecule has 1 aromatic carbocycles. The van der Waals surface area contributed by atoms with E-state index in [0.717, 1.165) is 19.4 Å². The van der Waals surface area contributed by atoms with Crippen LogP contribution >= 0.6 is 0 Å². The molecule has 2 heterocycles. The van der Waals surface area contributed by atoms with Gasteiger partial charge in [-0.05, 0) is 47.6 Å². The molecule has 0 saturated carbocycles. The molecule has 0 saturated heterocycles. The van der Waals surface area contributed by atoms with Gasteiger partial charge in [0, 0.05) is 30.4 Å². The Morgan fingerprint density at radius 2 is 1.97 bits per heavy atom. The highest BCUT2D eigenvalue weighted by atomic mass is 19.4. The molecule has 174 valence electrons. The van der Waals surface area contributed by atoms with Gasteiger partial charge in [-0.2, -0.15) is 13.2 Å². The zero-order chi connectivity index (χ0) is 23.8. The van der Waals surface area contributed by atoms with Crippen molar-refractivity contribution in [2.75, 3.05) is 0 Å². The first-order valence-electron chi connectivity index (χ1n) is 10.8. The number of aryl methyl sites for hydroxylation is 1. The molecule has 0 spiro atoms. The largest absolute Gasteiger partial charge is 0.434 e. The number of nitrogens with one attached hydrogen (secondary N) is 1. The third kappa shape index (κ3) is 4.73. The van der Waals surface area contributed by atoms with Crippen LogP contribution < -0.4 is 17.0 Å². The van der Waals surface area contributed by atoms with Gasteiger partial charge in [0.15, 0.2) is 5.70 Å². The summed E-state index contributed by atoms with van der Waals surface area (Å²) >= 11 is 0. The Morgan fingerprint density at radius 1 is 1.18 bits per heavy atom. The van der Waals surface area contributed by atoms with E-state index in [1.165, 1.54) is 35.0 Å². The van der Waals surface area contributed by atoms with Crippen molar-refractivity contribution >= 4 is 5.70 Å². The summed E-state index contributed by atoms with van der Waals surface area (Å²) in [5.74, 6) is 5.94. The number of hydrazine groups is 1. The number of hydrogen-bond acceptors (Lipinski definition) is 5. The van der Waals surface area contributed by atoms with Crippen LogP contribution in [0.15, 0.2) is 54.7 Å². The molecule has 1 aliphatic carbocycles. The lowest BCUT2D eigenvalue weighted by Crippen LogP contribution is -2.34. The summed E-state index contributed by atoms with van der Waals surface area (Å²) in [7, 11) is 0. The Kier molecular flexibility index (Phi) is 6.16. The van der Waals surface area contributed by atoms with E-state index in [0.29, 0.717) is 23.2 Å². The third-order valence-electron chi connectivity index (χ3n) is 6.13. The lowest BCUT2D eigenvalue weighted by molar-refractivity contribution is -0.0961. The molecule has 33 heavy (non-hydrogen) atoms. The predicted molar refractivity (Wildman–Crippen MR) is 122 cm³/mol. The number of benzene rings is 1. The molecule has 1 atom stereocenters. The van der Waals surface area contributed by atoms with E-state index in [1.54, 1.807) is 11.8 Å². The maximum Gasteiger partial charge on any atom is 0.434 e. The number of imidazole rings is 1. The van der Waals surface area contributed by atoms with Crippen molar-refractivity contribution in [2.24, 2.45) is 11.6 Å². The van der Waals surface area contributed by atoms with Crippen LogP contribution in [0.5, 0.6) is 0 Å². The highest BCUT2D eigenvalue weighted by Gasteiger charge is 2.36. The van der Waals surface area contributed by atoms with Gasteiger partial charge in [-0.3, -0.25) is 10.8 Å². The third-order valence-corrected chi connectivity index (χ3v) is 6.13. The summed E-state index contributed by atoms with van der Waals surface area (Å²) in [4.78, 5) is 8.68. The normalized spacial score (nSPS) is 16.6. The van der Waals surface area contributed by atoms with Crippen LogP contribution in [-0.4, -0.2) is 20.7 Å². The van der Waals surface area contributed by atoms with Crippen molar-refractivity contribution < 1.29 is 13.2 Å². The van der Waals surface area contributed by atoms with E-state index in [-0.39, 0.29) is 5.56 Å². The molecule has 0 bridgehead atoms. The number of pyridine rings is 1. The van der Waals surface area contributed by atoms with Crippen molar-refractivity contribution in [1.82, 2.24) is 20.0 Å². The fraction of sp³-hybridized carbons (Fsp3) is 0.333. The number of allylic oxidation sites excluding steroid dienone is 1. The molecule has 0 fully saturated rings. The smallest absolute Gasteiger partial charge is 0.397 e. The van der Waals surface area contributed by atoms with Gasteiger partial charge in [0.1, 0.15) is 5.69 Å². The first-order valence-corrected chi connectivity index (χ1v) is 10.8. The zero-order valence-electron chi connectivity index (χ0n) is 18.5. The average molecular weight is 457 g/mol. The van der Waals surface area contributed by atoms with Crippen molar-refractivity contribution in [3.05, 3.63) is 77.0 Å². The molecular formula is C24H27F3N6. The number of alkyl halides is 3. The average Bonchev–Trinajstić information content (AvgIpc) is 3.40. The van der Waals surface area contributed by atoms with Gasteiger partial charge < -0.3 is 15.7 Å². The van der Waals surface area contributed by atoms with E-state index < -0.39 is 17.6 Å². The minimum Gasteiger partial charge on any atom is -0.397 e. The molecule has 1 aliphatic rings. The highest BCUT2D eigenvalue weighted by Crippen LogP contribution is 2.36. The van der Waals surface area contributed by atoms with Crippen LogP contribution in [0, 0.1) is 0 Å². The van der Waals surface area contributed by atoms with E-state index in [1.807, 2.05) is 10.8 Å². The Morgan fingerprint density at radius 3 is 2.67 bits per heavy atom. The molecule has 3 aromatic rings. The van der Waals surface area contributed by atoms with Crippen LogP contribution in [0.2, 0.25) is 0 Å². The first kappa shape index (κ1) is 22.8. The van der Waals surface area contributed by atoms with Crippen molar-refractivity contribution in [2.45, 2.75) is 51.2 Å². The summed E-state index contributed by atoms with van der Waals surface area (Å²) < 4.78 is 41.4. The minimum atomic E-state index is -4.70. The van der Waals surface area contributed by atoms with Gasteiger partial charge in [0.25, 0.3) is 0 Å². The maximum atomic E-state index is 13.1. The number of halogens is 3. The number of nitrogens with zero attached hydrogens (tertiary/aromatic N) is 3. The topological polar surface area (TPSA) is 94.8 Å². The molecule has 9 heteroatoms. The lowest BCUT2D eigenvalue weighted by atomic mass is 9.96. The van der Waals surface area contributed by atoms with Gasteiger partial charge in [0.2, 0.25) is 0 Å². The van der Waals surface area contributed by atoms with Crippen molar-refractivity contribution in [1.29, 1.82) is 0 Å². The van der Waals surface area contributed by atoms with Crippen LogP contribution in [0.1, 0.15) is 54.4 Å². The van der Waals surface area contributed by atoms with Crippen molar-refractivity contribution in [3.8, 4) is 11.4 Å². The fourth-order valence-electron chi connectivity index (χ4n) is 4.32. The molecule has 5 N–H and O–H groups in total. The standard InChI is InChI=1S/C24H27F3N6/c1-14(2)15-5-6-19-16(9-15)3-4-18(19)11-33-12-21(31-13-33)20-10-17(7-8-30-20)22(28)23(32-29)24(25,26)27/h5-10,12-14,18,32H,3-4,11,28-29H2,1-2H3/b23-22-. The van der Waals surface area contributed by atoms with Gasteiger partial charge in [-0.1, -0.05) is 32.0 Å². The Labute approximate surface area is 190 Å². The summed E-state index contributed by atoms with van der Waals surface area (Å²) in [6, 6.07) is 9.64. The van der Waals surface area contributed by atoms with Crippen LogP contribution in [0.25, 0.3) is 17.1 Å². The Bertz CT molecular complexity index is 1180. The molecule has 2 aromatic heterocycles. The Balaban J connectivity index is 1.55. The molecular weight excluding hydrogens is 429 g/mol. The summed E-state index contributed by atoms with van der Waals surface area (Å²) in [5, 5.41) is 0. The van der Waals surface area contributed by atoms with Crippen LogP contribution in [0.4, 0.5) is 13.2 Å². The molecule has 4 rings (SSSR count). The van der Waals surface area contributed by atoms with E-state index in [2.05, 4.69) is 42.0 Å². The van der Waals surface area contributed by atoms with E-state index in [9.17, 15) is 13.2 Å². The fourth-order valence-corrected chi connectivity index (χ4v) is 4.32. The Hall–Kier alpha value is -3.33. The maximum absolute atomic E-state index is 13.1. The molecule has 0 radical (unpaired) electrons. The number of fused-ring (bicyclic) bond motifs is 1. The number of nitrogens with two attached hydrogens (primary N) is 2.